The number of carboxylic acid groups (broad SMARTS) is 1. The molecule has 7 heteroatoms. The molecule has 3 aliphatic heterocycles. The van der Waals surface area contributed by atoms with Crippen LogP contribution in [0.3, 0.4) is 0 Å². The first-order chi connectivity index (χ1) is 12.0. The van der Waals surface area contributed by atoms with Crippen LogP contribution in [0.5, 0.6) is 0 Å². The Bertz CT molecular complexity index is 839. The SMILES string of the molecule is CC(=O)N1C[C@H]2CC(/C=C/c3ccccc3)=C(C(=O)O)N3C(=O)[C@@H]1[C@@H]23.[H-].[Na+]. The molecule has 3 heterocycles. The van der Waals surface area contributed by atoms with E-state index in [1.165, 1.54) is 11.8 Å². The molecule has 130 valence electrons. The maximum Gasteiger partial charge on any atom is 1.00 e. The van der Waals surface area contributed by atoms with Crippen molar-refractivity contribution in [1.29, 1.82) is 0 Å². The number of hydrogen-bond acceptors (Lipinski definition) is 3. The summed E-state index contributed by atoms with van der Waals surface area (Å²) in [6, 6.07) is 8.91. The van der Waals surface area contributed by atoms with Crippen LogP contribution < -0.4 is 29.6 Å². The van der Waals surface area contributed by atoms with Gasteiger partial charge >= 0.3 is 35.5 Å². The summed E-state index contributed by atoms with van der Waals surface area (Å²) in [5, 5.41) is 9.65. The Balaban J connectivity index is 0.00000131. The number of carbonyl (C=O) groups is 3. The van der Waals surface area contributed by atoms with Crippen LogP contribution in [0, 0.1) is 5.92 Å². The molecule has 0 spiro atoms. The second-order valence-corrected chi connectivity index (χ2v) is 6.70. The Labute approximate surface area is 174 Å². The van der Waals surface area contributed by atoms with Gasteiger partial charge in [-0.1, -0.05) is 42.5 Å². The van der Waals surface area contributed by atoms with E-state index in [0.29, 0.717) is 18.5 Å². The molecule has 0 radical (unpaired) electrons. The van der Waals surface area contributed by atoms with Crippen molar-refractivity contribution >= 4 is 23.9 Å². The van der Waals surface area contributed by atoms with Gasteiger partial charge in [0.25, 0.3) is 5.91 Å². The van der Waals surface area contributed by atoms with Crippen LogP contribution in [0.4, 0.5) is 0 Å². The van der Waals surface area contributed by atoms with Crippen LogP contribution in [0.1, 0.15) is 20.3 Å². The van der Waals surface area contributed by atoms with Crippen molar-refractivity contribution in [1.82, 2.24) is 9.80 Å². The van der Waals surface area contributed by atoms with E-state index in [1.807, 2.05) is 36.4 Å². The topological polar surface area (TPSA) is 77.9 Å². The summed E-state index contributed by atoms with van der Waals surface area (Å²) < 4.78 is 0. The Hall–Kier alpha value is -1.89. The average molecular weight is 362 g/mol. The van der Waals surface area contributed by atoms with Crippen molar-refractivity contribution in [3.05, 3.63) is 53.2 Å². The predicted octanol–water partition coefficient (Wildman–Crippen LogP) is -1.38. The predicted molar refractivity (Wildman–Crippen MR) is 91.2 cm³/mol. The molecule has 0 aliphatic carbocycles. The molecule has 0 unspecified atom stereocenters. The normalized spacial score (nSPS) is 26.5. The van der Waals surface area contributed by atoms with Crippen LogP contribution in [0.25, 0.3) is 6.08 Å². The first kappa shape index (κ1) is 18.9. The summed E-state index contributed by atoms with van der Waals surface area (Å²) in [5.41, 5.74) is 1.65. The number of hydrogen-bond donors (Lipinski definition) is 1. The molecule has 2 amide bonds. The quantitative estimate of drug-likeness (QED) is 0.531. The Kier molecular flexibility index (Phi) is 5.10. The summed E-state index contributed by atoms with van der Waals surface area (Å²) in [6.07, 6.45) is 4.20. The number of carbonyl (C=O) groups excluding carboxylic acids is 2. The average Bonchev–Trinajstić information content (AvgIpc) is 2.96. The maximum atomic E-state index is 12.5. The molecule has 3 atom stereocenters. The van der Waals surface area contributed by atoms with Gasteiger partial charge in [-0.05, 0) is 17.6 Å². The number of aliphatic carboxylic acids is 1. The number of benzene rings is 1. The number of β-lactam (4-membered cyclic amide) rings is 1. The largest absolute Gasteiger partial charge is 1.00 e. The van der Waals surface area contributed by atoms with Gasteiger partial charge in [-0.2, -0.15) is 0 Å². The molecule has 2 fully saturated rings. The molecule has 3 aliphatic rings. The van der Waals surface area contributed by atoms with Crippen molar-refractivity contribution in [2.24, 2.45) is 5.92 Å². The number of carboxylic acids is 1. The van der Waals surface area contributed by atoms with E-state index in [2.05, 4.69) is 0 Å². The van der Waals surface area contributed by atoms with Crippen molar-refractivity contribution in [3.8, 4) is 0 Å². The van der Waals surface area contributed by atoms with Gasteiger partial charge in [0, 0.05) is 19.4 Å². The maximum absolute atomic E-state index is 12.5. The Morgan fingerprint density at radius 2 is 1.92 bits per heavy atom. The molecule has 0 aromatic heterocycles. The van der Waals surface area contributed by atoms with Gasteiger partial charge in [0.1, 0.15) is 11.7 Å². The van der Waals surface area contributed by atoms with Crippen LogP contribution in [-0.2, 0) is 14.4 Å². The zero-order valence-electron chi connectivity index (χ0n) is 15.8. The zero-order chi connectivity index (χ0) is 17.7. The zero-order valence-corrected chi connectivity index (χ0v) is 16.8. The molecule has 0 bridgehead atoms. The Morgan fingerprint density at radius 3 is 2.54 bits per heavy atom. The molecule has 4 rings (SSSR count). The third-order valence-corrected chi connectivity index (χ3v) is 5.27. The van der Waals surface area contributed by atoms with Crippen molar-refractivity contribution in [2.75, 3.05) is 6.54 Å². The summed E-state index contributed by atoms with van der Waals surface area (Å²) in [4.78, 5) is 39.1. The third-order valence-electron chi connectivity index (χ3n) is 5.27. The van der Waals surface area contributed by atoms with E-state index in [0.717, 1.165) is 5.56 Å². The first-order valence-corrected chi connectivity index (χ1v) is 8.29. The fourth-order valence-electron chi connectivity index (χ4n) is 4.21. The van der Waals surface area contributed by atoms with Gasteiger partial charge in [0.2, 0.25) is 5.91 Å². The molecule has 1 N–H and O–H groups in total. The van der Waals surface area contributed by atoms with Gasteiger partial charge in [-0.25, -0.2) is 4.79 Å². The minimum Gasteiger partial charge on any atom is -1.00 e. The number of allylic oxidation sites excluding steroid dienone is 2. The van der Waals surface area contributed by atoms with Crippen LogP contribution >= 0.6 is 0 Å². The third kappa shape index (κ3) is 2.82. The molecule has 26 heavy (non-hydrogen) atoms. The van der Waals surface area contributed by atoms with Crippen LogP contribution in [0.2, 0.25) is 0 Å². The molecular formula is C19H19N2NaO4. The molecule has 1 aromatic carbocycles. The molecule has 0 saturated carbocycles. The number of rotatable bonds is 3. The first-order valence-electron chi connectivity index (χ1n) is 8.29. The fourth-order valence-corrected chi connectivity index (χ4v) is 4.21. The fraction of sp³-hybridized carbons (Fsp3) is 0.316. The van der Waals surface area contributed by atoms with Crippen molar-refractivity contribution < 1.29 is 50.5 Å². The van der Waals surface area contributed by atoms with Crippen LogP contribution in [0.15, 0.2) is 47.7 Å². The summed E-state index contributed by atoms with van der Waals surface area (Å²) in [5.74, 6) is -1.43. The van der Waals surface area contributed by atoms with E-state index in [4.69, 9.17) is 0 Å². The van der Waals surface area contributed by atoms with E-state index in [1.54, 1.807) is 11.0 Å². The second-order valence-electron chi connectivity index (χ2n) is 6.70. The monoisotopic (exact) mass is 362 g/mol. The second kappa shape index (κ2) is 7.02. The van der Waals surface area contributed by atoms with E-state index in [9.17, 15) is 19.5 Å². The van der Waals surface area contributed by atoms with E-state index in [-0.39, 0.29) is 60.5 Å². The van der Waals surface area contributed by atoms with Gasteiger partial charge in [-0.15, -0.1) is 0 Å². The molecule has 2 saturated heterocycles. The minimum atomic E-state index is -1.10. The number of nitrogens with zero attached hydrogens (tertiary/aromatic N) is 2. The van der Waals surface area contributed by atoms with Gasteiger partial charge in [-0.3, -0.25) is 14.5 Å². The van der Waals surface area contributed by atoms with Gasteiger partial charge in [0.15, 0.2) is 0 Å². The van der Waals surface area contributed by atoms with Crippen LogP contribution in [-0.4, -0.2) is 51.3 Å². The summed E-state index contributed by atoms with van der Waals surface area (Å²) in [6.45, 7) is 1.96. The Morgan fingerprint density at radius 1 is 1.23 bits per heavy atom. The number of amides is 2. The molecular weight excluding hydrogens is 343 g/mol. The summed E-state index contributed by atoms with van der Waals surface area (Å²) in [7, 11) is 0. The molecule has 6 nitrogen and oxygen atoms in total. The van der Waals surface area contributed by atoms with Gasteiger partial charge in [0.05, 0.1) is 6.04 Å². The standard InChI is InChI=1S/C19H18N2O4.Na.H/c1-11(22)20-10-14-9-13(8-7-12-5-3-2-4-6-12)16(19(24)25)21-15(14)17(20)18(21)23;;/h2-8,14-15,17H,9-10H2,1H3,(H,24,25);;/q;+1;-1/b8-7+;;/t14-,15-,17+;;/m1../s1. The van der Waals surface area contributed by atoms with Crippen molar-refractivity contribution in [3.63, 3.8) is 0 Å². The minimum absolute atomic E-state index is 0. The van der Waals surface area contributed by atoms with E-state index >= 15 is 0 Å². The van der Waals surface area contributed by atoms with Crippen molar-refractivity contribution in [2.45, 2.75) is 25.4 Å². The molecule has 1 aromatic rings. The van der Waals surface area contributed by atoms with E-state index < -0.39 is 12.0 Å². The smallest absolute Gasteiger partial charge is 1.00 e. The summed E-state index contributed by atoms with van der Waals surface area (Å²) >= 11 is 0. The van der Waals surface area contributed by atoms with Gasteiger partial charge < -0.3 is 11.4 Å². The number of likely N-dealkylation sites (tertiary alicyclic amines) is 1.